The molecule has 0 bridgehead atoms. The third-order valence-electron chi connectivity index (χ3n) is 2.41. The van der Waals surface area contributed by atoms with E-state index < -0.39 is 0 Å². The van der Waals surface area contributed by atoms with Gasteiger partial charge in [0.15, 0.2) is 0 Å². The van der Waals surface area contributed by atoms with Crippen LogP contribution in [0.3, 0.4) is 0 Å². The van der Waals surface area contributed by atoms with Crippen molar-refractivity contribution in [1.29, 1.82) is 0 Å². The van der Waals surface area contributed by atoms with Crippen LogP contribution >= 0.6 is 0 Å². The second kappa shape index (κ2) is 5.66. The smallest absolute Gasteiger partial charge is 0.136 e. The molecule has 1 rings (SSSR count). The van der Waals surface area contributed by atoms with Gasteiger partial charge in [0, 0.05) is 32.2 Å². The van der Waals surface area contributed by atoms with Gasteiger partial charge >= 0.3 is 0 Å². The summed E-state index contributed by atoms with van der Waals surface area (Å²) in [5.41, 5.74) is 1.06. The lowest BCUT2D eigenvalue weighted by Gasteiger charge is -2.03. The van der Waals surface area contributed by atoms with E-state index in [0.717, 1.165) is 17.9 Å². The normalized spacial score (nSPS) is 10.6. The Morgan fingerprint density at radius 1 is 1.53 bits per heavy atom. The van der Waals surface area contributed by atoms with Crippen molar-refractivity contribution < 1.29 is 9.90 Å². The first-order valence-electron chi connectivity index (χ1n) is 5.32. The van der Waals surface area contributed by atoms with Crippen LogP contribution in [0.15, 0.2) is 6.20 Å². The molecule has 1 aromatic rings. The fourth-order valence-electron chi connectivity index (χ4n) is 1.47. The number of hydrogen-bond acceptors (Lipinski definition) is 3. The molecule has 0 aromatic carbocycles. The van der Waals surface area contributed by atoms with Crippen molar-refractivity contribution >= 4 is 5.78 Å². The minimum absolute atomic E-state index is 0.0536. The van der Waals surface area contributed by atoms with E-state index in [4.69, 9.17) is 5.11 Å². The highest BCUT2D eigenvalue weighted by atomic mass is 16.3. The van der Waals surface area contributed by atoms with Crippen LogP contribution in [-0.2, 0) is 17.8 Å². The maximum atomic E-state index is 11.2. The first-order chi connectivity index (χ1) is 7.17. The molecule has 0 aliphatic carbocycles. The fourth-order valence-corrected chi connectivity index (χ4v) is 1.47. The molecule has 84 valence electrons. The number of Topliss-reactive ketones (excluding diaryl/α,β-unsaturated/α-hetero) is 1. The number of hydrogen-bond donors (Lipinski definition) is 1. The molecule has 0 saturated heterocycles. The van der Waals surface area contributed by atoms with Crippen molar-refractivity contribution in [2.24, 2.45) is 0 Å². The number of nitrogens with zero attached hydrogens (tertiary/aromatic N) is 2. The van der Waals surface area contributed by atoms with E-state index >= 15 is 0 Å². The molecule has 4 nitrogen and oxygen atoms in total. The number of carbonyl (C=O) groups is 1. The molecule has 1 aromatic heterocycles. The number of imidazole rings is 1. The molecular formula is C11H18N2O2. The fraction of sp³-hybridized carbons (Fsp3) is 0.636. The molecule has 1 N–H and O–H groups in total. The first kappa shape index (κ1) is 11.9. The van der Waals surface area contributed by atoms with Gasteiger partial charge in [-0.1, -0.05) is 6.92 Å². The Labute approximate surface area is 89.9 Å². The van der Waals surface area contributed by atoms with Crippen LogP contribution in [0.25, 0.3) is 0 Å². The van der Waals surface area contributed by atoms with Crippen molar-refractivity contribution in [3.63, 3.8) is 0 Å². The van der Waals surface area contributed by atoms with E-state index in [0.29, 0.717) is 13.0 Å². The standard InChI is InChI=1S/C11H18N2O2/c1-3-10-8-13(9(2)12-10)6-4-11(15)5-7-14/h8,14H,3-7H2,1-2H3. The van der Waals surface area contributed by atoms with Gasteiger partial charge in [-0.3, -0.25) is 4.79 Å². The zero-order valence-electron chi connectivity index (χ0n) is 9.36. The lowest BCUT2D eigenvalue weighted by Crippen LogP contribution is -2.07. The van der Waals surface area contributed by atoms with Gasteiger partial charge in [-0.2, -0.15) is 0 Å². The summed E-state index contributed by atoms with van der Waals surface area (Å²) in [5.74, 6) is 1.05. The average Bonchev–Trinajstić information content (AvgIpc) is 2.57. The molecular weight excluding hydrogens is 192 g/mol. The van der Waals surface area contributed by atoms with Crippen LogP contribution in [0.5, 0.6) is 0 Å². The molecule has 0 saturated carbocycles. The van der Waals surface area contributed by atoms with E-state index in [1.165, 1.54) is 0 Å². The minimum Gasteiger partial charge on any atom is -0.396 e. The van der Waals surface area contributed by atoms with Crippen molar-refractivity contribution in [3.8, 4) is 0 Å². The van der Waals surface area contributed by atoms with Crippen LogP contribution in [0.2, 0.25) is 0 Å². The van der Waals surface area contributed by atoms with E-state index in [1.54, 1.807) is 0 Å². The molecule has 0 atom stereocenters. The van der Waals surface area contributed by atoms with E-state index in [9.17, 15) is 4.79 Å². The highest BCUT2D eigenvalue weighted by molar-refractivity contribution is 5.78. The Hall–Kier alpha value is -1.16. The van der Waals surface area contributed by atoms with E-state index in [1.807, 2.05) is 17.7 Å². The van der Waals surface area contributed by atoms with Gasteiger partial charge in [0.25, 0.3) is 0 Å². The van der Waals surface area contributed by atoms with Crippen molar-refractivity contribution in [2.45, 2.75) is 39.7 Å². The quantitative estimate of drug-likeness (QED) is 0.764. The SMILES string of the molecule is CCc1cn(CCC(=O)CCO)c(C)n1. The van der Waals surface area contributed by atoms with Crippen molar-refractivity contribution in [1.82, 2.24) is 9.55 Å². The third-order valence-corrected chi connectivity index (χ3v) is 2.41. The van der Waals surface area contributed by atoms with E-state index in [-0.39, 0.29) is 18.8 Å². The van der Waals surface area contributed by atoms with Crippen LogP contribution in [0.1, 0.15) is 31.3 Å². The van der Waals surface area contributed by atoms with Gasteiger partial charge in [-0.25, -0.2) is 4.98 Å². The predicted molar refractivity (Wildman–Crippen MR) is 57.7 cm³/mol. The monoisotopic (exact) mass is 210 g/mol. The molecule has 0 radical (unpaired) electrons. The molecule has 0 unspecified atom stereocenters. The van der Waals surface area contributed by atoms with E-state index in [2.05, 4.69) is 11.9 Å². The van der Waals surface area contributed by atoms with Gasteiger partial charge in [0.1, 0.15) is 11.6 Å². The number of carbonyl (C=O) groups excluding carboxylic acids is 1. The largest absolute Gasteiger partial charge is 0.396 e. The molecule has 0 spiro atoms. The van der Waals surface area contributed by atoms with Gasteiger partial charge in [-0.05, 0) is 13.3 Å². The van der Waals surface area contributed by atoms with Crippen LogP contribution in [0, 0.1) is 6.92 Å². The second-order valence-corrected chi connectivity index (χ2v) is 3.59. The Morgan fingerprint density at radius 2 is 2.27 bits per heavy atom. The summed E-state index contributed by atoms with van der Waals surface area (Å²) in [6, 6.07) is 0. The molecule has 0 amide bonds. The van der Waals surface area contributed by atoms with Crippen LogP contribution < -0.4 is 0 Å². The third kappa shape index (κ3) is 3.47. The van der Waals surface area contributed by atoms with Crippen LogP contribution in [0.4, 0.5) is 0 Å². The van der Waals surface area contributed by atoms with Gasteiger partial charge in [-0.15, -0.1) is 0 Å². The molecule has 4 heteroatoms. The Kier molecular flexibility index (Phi) is 4.49. The Balaban J connectivity index is 2.49. The zero-order chi connectivity index (χ0) is 11.3. The van der Waals surface area contributed by atoms with Gasteiger partial charge in [0.05, 0.1) is 5.69 Å². The number of ketones is 1. The number of aryl methyl sites for hydroxylation is 3. The first-order valence-corrected chi connectivity index (χ1v) is 5.32. The maximum Gasteiger partial charge on any atom is 0.136 e. The van der Waals surface area contributed by atoms with Crippen molar-refractivity contribution in [2.75, 3.05) is 6.61 Å². The number of aliphatic hydroxyl groups excluding tert-OH is 1. The Morgan fingerprint density at radius 3 is 2.80 bits per heavy atom. The lowest BCUT2D eigenvalue weighted by atomic mass is 10.2. The van der Waals surface area contributed by atoms with Gasteiger partial charge in [0.2, 0.25) is 0 Å². The van der Waals surface area contributed by atoms with Gasteiger partial charge < -0.3 is 9.67 Å². The Bertz CT molecular complexity index is 331. The predicted octanol–water partition coefficient (Wildman–Crippen LogP) is 1.10. The number of aromatic nitrogens is 2. The highest BCUT2D eigenvalue weighted by Crippen LogP contribution is 2.04. The molecule has 1 heterocycles. The summed E-state index contributed by atoms with van der Waals surface area (Å²) in [4.78, 5) is 15.6. The average molecular weight is 210 g/mol. The summed E-state index contributed by atoms with van der Waals surface area (Å²) in [6.07, 6.45) is 3.63. The maximum absolute atomic E-state index is 11.2. The number of aliphatic hydroxyl groups is 1. The molecule has 15 heavy (non-hydrogen) atoms. The zero-order valence-corrected chi connectivity index (χ0v) is 9.36. The number of rotatable bonds is 6. The summed E-state index contributed by atoms with van der Waals surface area (Å²) in [6.45, 7) is 4.61. The topological polar surface area (TPSA) is 55.1 Å². The second-order valence-electron chi connectivity index (χ2n) is 3.59. The highest BCUT2D eigenvalue weighted by Gasteiger charge is 2.05. The minimum atomic E-state index is -0.0536. The lowest BCUT2D eigenvalue weighted by molar-refractivity contribution is -0.119. The van der Waals surface area contributed by atoms with Crippen LogP contribution in [-0.4, -0.2) is 27.0 Å². The summed E-state index contributed by atoms with van der Waals surface area (Å²) >= 11 is 0. The molecule has 0 fully saturated rings. The molecule has 0 aliphatic rings. The molecule has 0 aliphatic heterocycles. The van der Waals surface area contributed by atoms with Crippen molar-refractivity contribution in [3.05, 3.63) is 17.7 Å². The summed E-state index contributed by atoms with van der Waals surface area (Å²) < 4.78 is 1.99. The summed E-state index contributed by atoms with van der Waals surface area (Å²) in [5, 5.41) is 8.59. The summed E-state index contributed by atoms with van der Waals surface area (Å²) in [7, 11) is 0.